The minimum atomic E-state index is -1.23. The molecule has 0 unspecified atom stereocenters. The lowest BCUT2D eigenvalue weighted by Gasteiger charge is -2.38. The molecule has 0 bridgehead atoms. The molecule has 1 aliphatic heterocycles. The summed E-state index contributed by atoms with van der Waals surface area (Å²) in [6, 6.07) is 0. The Kier molecular flexibility index (Phi) is 3.93. The standard InChI is InChI=1S/C11H20O5/c1-11(2,3)5-8-6(12)4-7(13)9(16-8)10(14)15/h6-9,12-13H,4-5H2,1-3H3,(H,14,15)/t6-,7+,8+,9+/m1/s1. The second-order valence-electron chi connectivity index (χ2n) is 5.57. The Hall–Kier alpha value is -0.650. The second kappa shape index (κ2) is 4.69. The van der Waals surface area contributed by atoms with Crippen LogP contribution >= 0.6 is 0 Å². The van der Waals surface area contributed by atoms with Gasteiger partial charge < -0.3 is 20.1 Å². The SMILES string of the molecule is CC(C)(C)C[C@@H]1O[C@H](C(=O)O)[C@@H](O)C[C@H]1O. The van der Waals surface area contributed by atoms with E-state index in [0.717, 1.165) is 0 Å². The number of hydrogen-bond donors (Lipinski definition) is 3. The molecule has 3 N–H and O–H groups in total. The third kappa shape index (κ3) is 3.43. The minimum absolute atomic E-state index is 0.0533. The van der Waals surface area contributed by atoms with Crippen LogP contribution in [0.5, 0.6) is 0 Å². The monoisotopic (exact) mass is 232 g/mol. The molecule has 1 fully saturated rings. The summed E-state index contributed by atoms with van der Waals surface area (Å²) in [7, 11) is 0. The van der Waals surface area contributed by atoms with Gasteiger partial charge in [-0.3, -0.25) is 0 Å². The molecular formula is C11H20O5. The maximum Gasteiger partial charge on any atom is 0.335 e. The molecule has 1 aliphatic rings. The lowest BCUT2D eigenvalue weighted by molar-refractivity contribution is -0.196. The first kappa shape index (κ1) is 13.4. The van der Waals surface area contributed by atoms with Crippen LogP contribution in [0.15, 0.2) is 0 Å². The quantitative estimate of drug-likeness (QED) is 0.641. The highest BCUT2D eigenvalue weighted by atomic mass is 16.5. The Bertz CT molecular complexity index is 258. The van der Waals surface area contributed by atoms with Crippen molar-refractivity contribution in [2.75, 3.05) is 0 Å². The predicted octanol–water partition coefficient (Wildman–Crippen LogP) is 0.387. The van der Waals surface area contributed by atoms with Gasteiger partial charge in [0.05, 0.1) is 18.3 Å². The summed E-state index contributed by atoms with van der Waals surface area (Å²) in [4.78, 5) is 10.8. The average molecular weight is 232 g/mol. The second-order valence-corrected chi connectivity index (χ2v) is 5.57. The van der Waals surface area contributed by atoms with Crippen LogP contribution in [0.1, 0.15) is 33.6 Å². The van der Waals surface area contributed by atoms with Crippen LogP contribution in [-0.4, -0.2) is 45.7 Å². The third-order valence-electron chi connectivity index (χ3n) is 2.64. The first-order valence-corrected chi connectivity index (χ1v) is 5.45. The molecule has 1 heterocycles. The maximum absolute atomic E-state index is 10.8. The lowest BCUT2D eigenvalue weighted by atomic mass is 9.84. The van der Waals surface area contributed by atoms with Gasteiger partial charge in [0.25, 0.3) is 0 Å². The van der Waals surface area contributed by atoms with Gasteiger partial charge in [0, 0.05) is 6.42 Å². The number of carbonyl (C=O) groups is 1. The molecule has 5 nitrogen and oxygen atoms in total. The van der Waals surface area contributed by atoms with Crippen LogP contribution < -0.4 is 0 Å². The summed E-state index contributed by atoms with van der Waals surface area (Å²) in [6.45, 7) is 5.97. The molecule has 0 aromatic rings. The van der Waals surface area contributed by atoms with Gasteiger partial charge in [0.15, 0.2) is 6.10 Å². The van der Waals surface area contributed by atoms with E-state index in [2.05, 4.69) is 0 Å². The van der Waals surface area contributed by atoms with Crippen molar-refractivity contribution in [2.24, 2.45) is 5.41 Å². The number of carboxylic acid groups (broad SMARTS) is 1. The normalized spacial score (nSPS) is 36.1. The molecule has 0 aliphatic carbocycles. The number of ether oxygens (including phenoxy) is 1. The number of aliphatic hydroxyl groups is 2. The molecule has 0 amide bonds. The molecular weight excluding hydrogens is 212 g/mol. The molecule has 1 rings (SSSR count). The zero-order valence-corrected chi connectivity index (χ0v) is 9.88. The summed E-state index contributed by atoms with van der Waals surface area (Å²) in [5, 5.41) is 28.0. The van der Waals surface area contributed by atoms with Gasteiger partial charge in [-0.05, 0) is 11.8 Å². The van der Waals surface area contributed by atoms with Gasteiger partial charge >= 0.3 is 5.97 Å². The Balaban J connectivity index is 2.68. The van der Waals surface area contributed by atoms with Crippen molar-refractivity contribution in [3.05, 3.63) is 0 Å². The summed E-state index contributed by atoms with van der Waals surface area (Å²) in [6.07, 6.45) is -3.07. The summed E-state index contributed by atoms with van der Waals surface area (Å²) in [5.74, 6) is -1.18. The molecule has 5 heteroatoms. The van der Waals surface area contributed by atoms with E-state index in [4.69, 9.17) is 9.84 Å². The highest BCUT2D eigenvalue weighted by Crippen LogP contribution is 2.30. The van der Waals surface area contributed by atoms with Gasteiger partial charge in [0.2, 0.25) is 0 Å². The van der Waals surface area contributed by atoms with Crippen LogP contribution in [0.25, 0.3) is 0 Å². The van der Waals surface area contributed by atoms with Gasteiger partial charge in [-0.15, -0.1) is 0 Å². The van der Waals surface area contributed by atoms with E-state index < -0.39 is 30.4 Å². The molecule has 1 saturated heterocycles. The fourth-order valence-corrected chi connectivity index (χ4v) is 1.90. The van der Waals surface area contributed by atoms with Crippen molar-refractivity contribution in [2.45, 2.75) is 58.0 Å². The first-order valence-electron chi connectivity index (χ1n) is 5.45. The van der Waals surface area contributed by atoms with Crippen molar-refractivity contribution >= 4 is 5.97 Å². The average Bonchev–Trinajstić information content (AvgIpc) is 2.07. The maximum atomic E-state index is 10.8. The van der Waals surface area contributed by atoms with Crippen molar-refractivity contribution in [1.29, 1.82) is 0 Å². The van der Waals surface area contributed by atoms with E-state index >= 15 is 0 Å². The summed E-state index contributed by atoms with van der Waals surface area (Å²) in [5.41, 5.74) is -0.0585. The van der Waals surface area contributed by atoms with Crippen LogP contribution in [0.2, 0.25) is 0 Å². The number of hydrogen-bond acceptors (Lipinski definition) is 4. The smallest absolute Gasteiger partial charge is 0.335 e. The van der Waals surface area contributed by atoms with E-state index in [9.17, 15) is 15.0 Å². The predicted molar refractivity (Wildman–Crippen MR) is 57.0 cm³/mol. The summed E-state index contributed by atoms with van der Waals surface area (Å²) >= 11 is 0. The van der Waals surface area contributed by atoms with Gasteiger partial charge in [0.1, 0.15) is 0 Å². The number of rotatable bonds is 2. The highest BCUT2D eigenvalue weighted by Gasteiger charge is 2.41. The van der Waals surface area contributed by atoms with Crippen LogP contribution in [0.3, 0.4) is 0 Å². The van der Waals surface area contributed by atoms with E-state index in [0.29, 0.717) is 6.42 Å². The van der Waals surface area contributed by atoms with Gasteiger partial charge in [-0.25, -0.2) is 4.79 Å². The zero-order chi connectivity index (χ0) is 12.5. The molecule has 94 valence electrons. The molecule has 0 saturated carbocycles. The molecule has 16 heavy (non-hydrogen) atoms. The van der Waals surface area contributed by atoms with Crippen molar-refractivity contribution in [3.8, 4) is 0 Å². The third-order valence-corrected chi connectivity index (χ3v) is 2.64. The molecule has 4 atom stereocenters. The number of carboxylic acids is 1. The molecule has 0 spiro atoms. The van der Waals surface area contributed by atoms with Gasteiger partial charge in [-0.2, -0.15) is 0 Å². The molecule has 0 aromatic carbocycles. The van der Waals surface area contributed by atoms with E-state index in [1.165, 1.54) is 0 Å². The first-order chi connectivity index (χ1) is 7.20. The number of aliphatic carboxylic acids is 1. The zero-order valence-electron chi connectivity index (χ0n) is 9.88. The van der Waals surface area contributed by atoms with Crippen LogP contribution in [0.4, 0.5) is 0 Å². The van der Waals surface area contributed by atoms with Crippen molar-refractivity contribution in [3.63, 3.8) is 0 Å². The van der Waals surface area contributed by atoms with Crippen molar-refractivity contribution in [1.82, 2.24) is 0 Å². The van der Waals surface area contributed by atoms with Crippen molar-refractivity contribution < 1.29 is 24.9 Å². The fraction of sp³-hybridized carbons (Fsp3) is 0.909. The highest BCUT2D eigenvalue weighted by molar-refractivity contribution is 5.73. The molecule has 0 aromatic heterocycles. The van der Waals surface area contributed by atoms with E-state index in [1.807, 2.05) is 20.8 Å². The topological polar surface area (TPSA) is 87.0 Å². The Morgan fingerprint density at radius 1 is 1.31 bits per heavy atom. The Morgan fingerprint density at radius 2 is 1.88 bits per heavy atom. The van der Waals surface area contributed by atoms with Gasteiger partial charge in [-0.1, -0.05) is 20.8 Å². The minimum Gasteiger partial charge on any atom is -0.479 e. The Morgan fingerprint density at radius 3 is 2.31 bits per heavy atom. The van der Waals surface area contributed by atoms with Crippen LogP contribution in [0, 0.1) is 5.41 Å². The summed E-state index contributed by atoms with van der Waals surface area (Å²) < 4.78 is 5.25. The largest absolute Gasteiger partial charge is 0.479 e. The molecule has 0 radical (unpaired) electrons. The van der Waals surface area contributed by atoms with E-state index in [1.54, 1.807) is 0 Å². The fourth-order valence-electron chi connectivity index (χ4n) is 1.90. The lowest BCUT2D eigenvalue weighted by Crippen LogP contribution is -2.51. The van der Waals surface area contributed by atoms with Crippen LogP contribution in [-0.2, 0) is 9.53 Å². The Labute approximate surface area is 95.0 Å². The van der Waals surface area contributed by atoms with E-state index in [-0.39, 0.29) is 11.8 Å². The number of aliphatic hydroxyl groups excluding tert-OH is 2.